The van der Waals surface area contributed by atoms with Crippen molar-refractivity contribution in [2.45, 2.75) is 69.9 Å². The third-order valence-corrected chi connectivity index (χ3v) is 6.45. The van der Waals surface area contributed by atoms with E-state index in [1.54, 1.807) is 6.92 Å². The fraction of sp³-hybridized carbons (Fsp3) is 0.545. The predicted octanol–water partition coefficient (Wildman–Crippen LogP) is 2.10. The maximum atomic E-state index is 13.0. The van der Waals surface area contributed by atoms with Crippen molar-refractivity contribution in [3.05, 3.63) is 34.9 Å². The Bertz CT molecular complexity index is 893. The molecule has 1 aromatic rings. The number of hydrogen-bond acceptors (Lipinski definition) is 4. The Hall–Kier alpha value is -2.90. The van der Waals surface area contributed by atoms with Crippen LogP contribution in [0.15, 0.2) is 18.2 Å². The molecule has 1 aliphatic heterocycles. The average molecular weight is 412 g/mol. The van der Waals surface area contributed by atoms with Crippen molar-refractivity contribution in [1.82, 2.24) is 20.9 Å². The standard InChI is InChI=1S/C22H28N4O4/c1-22(16-11-10-14-6-5-7-15(14)12-16)19(28)26(21(30)25-22)13-18(27)24-20(29)23-17-8-3-2-4-9-17/h10-12,17H,2-9,13H2,1H3,(H,25,30)(H2,23,24,27,29)/t22-/m0/s1. The molecule has 2 aliphatic carbocycles. The highest BCUT2D eigenvalue weighted by atomic mass is 16.2. The molecule has 3 N–H and O–H groups in total. The maximum Gasteiger partial charge on any atom is 0.325 e. The second kappa shape index (κ2) is 8.08. The molecule has 8 heteroatoms. The smallest absolute Gasteiger partial charge is 0.325 e. The molecular weight excluding hydrogens is 384 g/mol. The van der Waals surface area contributed by atoms with Gasteiger partial charge in [0.05, 0.1) is 0 Å². The molecule has 1 heterocycles. The molecule has 0 unspecified atom stereocenters. The zero-order chi connectivity index (χ0) is 21.3. The van der Waals surface area contributed by atoms with E-state index in [0.29, 0.717) is 5.56 Å². The predicted molar refractivity (Wildman–Crippen MR) is 110 cm³/mol. The van der Waals surface area contributed by atoms with E-state index in [1.165, 1.54) is 11.1 Å². The first kappa shape index (κ1) is 20.4. The fourth-order valence-electron chi connectivity index (χ4n) is 4.70. The molecule has 2 fully saturated rings. The number of fused-ring (bicyclic) bond motifs is 1. The van der Waals surface area contributed by atoms with Gasteiger partial charge in [-0.15, -0.1) is 0 Å². The van der Waals surface area contributed by atoms with Gasteiger partial charge in [0, 0.05) is 6.04 Å². The Morgan fingerprint density at radius 3 is 2.60 bits per heavy atom. The van der Waals surface area contributed by atoms with Gasteiger partial charge in [-0.2, -0.15) is 0 Å². The summed E-state index contributed by atoms with van der Waals surface area (Å²) in [6, 6.07) is 4.69. The van der Waals surface area contributed by atoms with Crippen LogP contribution in [-0.2, 0) is 28.0 Å². The highest BCUT2D eigenvalue weighted by Gasteiger charge is 2.49. The largest absolute Gasteiger partial charge is 0.335 e. The van der Waals surface area contributed by atoms with E-state index >= 15 is 0 Å². The summed E-state index contributed by atoms with van der Waals surface area (Å²) < 4.78 is 0. The molecule has 6 amide bonds. The molecule has 1 saturated heterocycles. The zero-order valence-corrected chi connectivity index (χ0v) is 17.3. The summed E-state index contributed by atoms with van der Waals surface area (Å²) in [5, 5.41) is 7.74. The number of benzene rings is 1. The first-order valence-electron chi connectivity index (χ1n) is 10.7. The number of amides is 6. The fourth-order valence-corrected chi connectivity index (χ4v) is 4.70. The number of hydrogen-bond donors (Lipinski definition) is 3. The minimum atomic E-state index is -1.22. The van der Waals surface area contributed by atoms with Gasteiger partial charge in [0.1, 0.15) is 12.1 Å². The van der Waals surface area contributed by atoms with E-state index in [2.05, 4.69) is 16.0 Å². The molecule has 1 aromatic carbocycles. The maximum absolute atomic E-state index is 13.0. The van der Waals surface area contributed by atoms with Crippen molar-refractivity contribution >= 4 is 23.9 Å². The van der Waals surface area contributed by atoms with Crippen LogP contribution in [0, 0.1) is 0 Å². The van der Waals surface area contributed by atoms with Gasteiger partial charge in [-0.25, -0.2) is 9.59 Å². The van der Waals surface area contributed by atoms with Crippen LogP contribution in [0.1, 0.15) is 62.1 Å². The van der Waals surface area contributed by atoms with Crippen molar-refractivity contribution in [3.8, 4) is 0 Å². The van der Waals surface area contributed by atoms with E-state index < -0.39 is 36.0 Å². The Morgan fingerprint density at radius 1 is 1.10 bits per heavy atom. The minimum absolute atomic E-state index is 0.0615. The number of carbonyl (C=O) groups excluding carboxylic acids is 4. The van der Waals surface area contributed by atoms with Gasteiger partial charge in [-0.3, -0.25) is 19.8 Å². The highest BCUT2D eigenvalue weighted by Crippen LogP contribution is 2.32. The van der Waals surface area contributed by atoms with Crippen molar-refractivity contribution < 1.29 is 19.2 Å². The Kier molecular flexibility index (Phi) is 5.49. The average Bonchev–Trinajstić information content (AvgIpc) is 3.27. The van der Waals surface area contributed by atoms with Crippen LogP contribution in [0.3, 0.4) is 0 Å². The molecule has 30 heavy (non-hydrogen) atoms. The molecule has 3 aliphatic rings. The molecule has 1 saturated carbocycles. The van der Waals surface area contributed by atoms with E-state index in [9.17, 15) is 19.2 Å². The first-order valence-corrected chi connectivity index (χ1v) is 10.7. The van der Waals surface area contributed by atoms with Crippen LogP contribution in [-0.4, -0.2) is 41.4 Å². The number of imide groups is 2. The number of urea groups is 2. The SMILES string of the molecule is C[C@@]1(c2ccc3c(c2)CCC3)NC(=O)N(CC(=O)NC(=O)NC2CCCCC2)C1=O. The number of carbonyl (C=O) groups is 4. The summed E-state index contributed by atoms with van der Waals surface area (Å²) >= 11 is 0. The topological polar surface area (TPSA) is 108 Å². The van der Waals surface area contributed by atoms with E-state index in [0.717, 1.165) is 56.3 Å². The van der Waals surface area contributed by atoms with Crippen molar-refractivity contribution in [2.24, 2.45) is 0 Å². The monoisotopic (exact) mass is 412 g/mol. The number of nitrogens with zero attached hydrogens (tertiary/aromatic N) is 1. The summed E-state index contributed by atoms with van der Waals surface area (Å²) in [6.45, 7) is 1.15. The molecule has 0 radical (unpaired) electrons. The lowest BCUT2D eigenvalue weighted by Gasteiger charge is -2.23. The molecule has 0 aromatic heterocycles. The third-order valence-electron chi connectivity index (χ3n) is 6.45. The normalized spacial score (nSPS) is 23.8. The summed E-state index contributed by atoms with van der Waals surface area (Å²) in [4.78, 5) is 50.7. The summed E-state index contributed by atoms with van der Waals surface area (Å²) in [5.41, 5.74) is 1.96. The van der Waals surface area contributed by atoms with Crippen molar-refractivity contribution in [2.75, 3.05) is 6.54 Å². The van der Waals surface area contributed by atoms with E-state index in [-0.39, 0.29) is 6.04 Å². The Morgan fingerprint density at radius 2 is 1.83 bits per heavy atom. The number of rotatable bonds is 4. The van der Waals surface area contributed by atoms with Crippen LogP contribution in [0.4, 0.5) is 9.59 Å². The highest BCUT2D eigenvalue weighted by molar-refractivity contribution is 6.10. The Labute approximate surface area is 175 Å². The van der Waals surface area contributed by atoms with Crippen LogP contribution < -0.4 is 16.0 Å². The van der Waals surface area contributed by atoms with Gasteiger partial charge in [-0.1, -0.05) is 37.5 Å². The van der Waals surface area contributed by atoms with Crippen LogP contribution in [0.2, 0.25) is 0 Å². The van der Waals surface area contributed by atoms with Crippen molar-refractivity contribution in [1.29, 1.82) is 0 Å². The molecule has 0 bridgehead atoms. The van der Waals surface area contributed by atoms with Gasteiger partial charge < -0.3 is 10.6 Å². The van der Waals surface area contributed by atoms with Gasteiger partial charge >= 0.3 is 12.1 Å². The quantitative estimate of drug-likeness (QED) is 0.658. The molecule has 1 atom stereocenters. The lowest BCUT2D eigenvalue weighted by atomic mass is 9.89. The van der Waals surface area contributed by atoms with Gasteiger partial charge in [-0.05, 0) is 55.7 Å². The van der Waals surface area contributed by atoms with E-state index in [4.69, 9.17) is 0 Å². The zero-order valence-electron chi connectivity index (χ0n) is 17.3. The minimum Gasteiger partial charge on any atom is -0.335 e. The summed E-state index contributed by atoms with van der Waals surface area (Å²) in [7, 11) is 0. The lowest BCUT2D eigenvalue weighted by Crippen LogP contribution is -2.49. The molecular formula is C22H28N4O4. The molecule has 0 spiro atoms. The van der Waals surface area contributed by atoms with Gasteiger partial charge in [0.15, 0.2) is 0 Å². The summed E-state index contributed by atoms with van der Waals surface area (Å²) in [6.07, 6.45) is 8.15. The van der Waals surface area contributed by atoms with Crippen LogP contribution in [0.5, 0.6) is 0 Å². The number of aryl methyl sites for hydroxylation is 2. The molecule has 4 rings (SSSR count). The van der Waals surface area contributed by atoms with Gasteiger partial charge in [0.2, 0.25) is 5.91 Å². The summed E-state index contributed by atoms with van der Waals surface area (Å²) in [5.74, 6) is -1.18. The molecule has 8 nitrogen and oxygen atoms in total. The molecule has 160 valence electrons. The lowest BCUT2D eigenvalue weighted by molar-refractivity contribution is -0.134. The van der Waals surface area contributed by atoms with Crippen LogP contribution >= 0.6 is 0 Å². The second-order valence-electron chi connectivity index (χ2n) is 8.64. The third kappa shape index (κ3) is 3.91. The van der Waals surface area contributed by atoms with Gasteiger partial charge in [0.25, 0.3) is 5.91 Å². The number of nitrogens with one attached hydrogen (secondary N) is 3. The first-order chi connectivity index (χ1) is 14.4. The Balaban J connectivity index is 1.38. The van der Waals surface area contributed by atoms with E-state index in [1.807, 2.05) is 18.2 Å². The second-order valence-corrected chi connectivity index (χ2v) is 8.64. The van der Waals surface area contributed by atoms with Crippen molar-refractivity contribution in [3.63, 3.8) is 0 Å². The van der Waals surface area contributed by atoms with Crippen LogP contribution in [0.25, 0.3) is 0 Å².